The standard InChI is InChI=1S/C20H23N5OS/c1-4-24(5-2)17-10-6-15(7-11-17)14-21-25-19(22-23-20(25)27)16-8-12-18(26-3)13-9-16/h6-14H,4-5H2,1-3H3,(H,23,27)/b21-14-. The SMILES string of the molecule is CCN(CC)c1ccc(/C=N\n2c(-c3ccc(OC)cc3)n[nH]c2=S)cc1. The van der Waals surface area contributed by atoms with Crippen molar-refractivity contribution in [1.82, 2.24) is 14.9 Å². The maximum atomic E-state index is 5.32. The third-order valence-corrected chi connectivity index (χ3v) is 4.61. The lowest BCUT2D eigenvalue weighted by Crippen LogP contribution is -2.21. The van der Waals surface area contributed by atoms with Crippen LogP contribution in [-0.4, -0.2) is 41.3 Å². The molecule has 0 atom stereocenters. The molecule has 0 radical (unpaired) electrons. The van der Waals surface area contributed by atoms with E-state index >= 15 is 0 Å². The van der Waals surface area contributed by atoms with Crippen LogP contribution in [0.4, 0.5) is 5.69 Å². The maximum Gasteiger partial charge on any atom is 0.216 e. The first kappa shape index (κ1) is 18.8. The van der Waals surface area contributed by atoms with E-state index in [1.165, 1.54) is 5.69 Å². The van der Waals surface area contributed by atoms with Crippen LogP contribution in [0.3, 0.4) is 0 Å². The van der Waals surface area contributed by atoms with Crippen molar-refractivity contribution in [2.24, 2.45) is 5.10 Å². The minimum absolute atomic E-state index is 0.442. The van der Waals surface area contributed by atoms with Crippen LogP contribution in [0.25, 0.3) is 11.4 Å². The van der Waals surface area contributed by atoms with Crippen LogP contribution < -0.4 is 9.64 Å². The van der Waals surface area contributed by atoms with Gasteiger partial charge in [-0.1, -0.05) is 12.1 Å². The molecule has 0 fully saturated rings. The number of benzene rings is 2. The summed E-state index contributed by atoms with van der Waals surface area (Å²) < 4.78 is 7.26. The van der Waals surface area contributed by atoms with Gasteiger partial charge >= 0.3 is 0 Å². The summed E-state index contributed by atoms with van der Waals surface area (Å²) in [7, 11) is 1.64. The Balaban J connectivity index is 1.85. The summed E-state index contributed by atoms with van der Waals surface area (Å²) in [5.41, 5.74) is 3.10. The summed E-state index contributed by atoms with van der Waals surface area (Å²) in [5.74, 6) is 1.44. The number of methoxy groups -OCH3 is 1. The number of hydrogen-bond acceptors (Lipinski definition) is 5. The number of H-pyrrole nitrogens is 1. The van der Waals surface area contributed by atoms with Gasteiger partial charge in [-0.15, -0.1) is 0 Å². The number of aromatic nitrogens is 3. The maximum absolute atomic E-state index is 5.32. The molecule has 0 spiro atoms. The van der Waals surface area contributed by atoms with Crippen molar-refractivity contribution in [2.75, 3.05) is 25.1 Å². The van der Waals surface area contributed by atoms with Gasteiger partial charge in [0.1, 0.15) is 5.75 Å². The molecule has 3 aromatic rings. The molecule has 140 valence electrons. The Morgan fingerprint density at radius 3 is 2.37 bits per heavy atom. The van der Waals surface area contributed by atoms with Gasteiger partial charge in [-0.2, -0.15) is 14.9 Å². The molecule has 0 amide bonds. The quantitative estimate of drug-likeness (QED) is 0.488. The van der Waals surface area contributed by atoms with E-state index in [0.717, 1.165) is 30.0 Å². The highest BCUT2D eigenvalue weighted by molar-refractivity contribution is 7.71. The minimum Gasteiger partial charge on any atom is -0.497 e. The molecule has 0 aliphatic carbocycles. The molecule has 6 nitrogen and oxygen atoms in total. The van der Waals surface area contributed by atoms with Crippen molar-refractivity contribution in [3.05, 3.63) is 58.9 Å². The predicted octanol–water partition coefficient (Wildman–Crippen LogP) is 4.34. The molecule has 0 aliphatic heterocycles. The van der Waals surface area contributed by atoms with Crippen LogP contribution in [0.1, 0.15) is 19.4 Å². The van der Waals surface area contributed by atoms with Gasteiger partial charge in [-0.3, -0.25) is 0 Å². The first-order valence-corrected chi connectivity index (χ1v) is 9.28. The summed E-state index contributed by atoms with van der Waals surface area (Å²) in [4.78, 5) is 2.30. The molecule has 27 heavy (non-hydrogen) atoms. The molecule has 1 heterocycles. The second-order valence-electron chi connectivity index (χ2n) is 5.90. The molecule has 1 aromatic heterocycles. The van der Waals surface area contributed by atoms with E-state index < -0.39 is 0 Å². The topological polar surface area (TPSA) is 58.4 Å². The Labute approximate surface area is 164 Å². The van der Waals surface area contributed by atoms with E-state index in [4.69, 9.17) is 17.0 Å². The lowest BCUT2D eigenvalue weighted by Gasteiger charge is -2.20. The van der Waals surface area contributed by atoms with Gasteiger partial charge in [-0.25, -0.2) is 5.10 Å². The van der Waals surface area contributed by atoms with E-state index in [-0.39, 0.29) is 0 Å². The highest BCUT2D eigenvalue weighted by Gasteiger charge is 2.08. The third kappa shape index (κ3) is 4.25. The van der Waals surface area contributed by atoms with Gasteiger partial charge in [0.15, 0.2) is 5.82 Å². The van der Waals surface area contributed by atoms with Crippen LogP contribution in [0, 0.1) is 4.77 Å². The first-order valence-electron chi connectivity index (χ1n) is 8.87. The number of nitrogens with zero attached hydrogens (tertiary/aromatic N) is 4. The van der Waals surface area contributed by atoms with Gasteiger partial charge in [0, 0.05) is 24.3 Å². The second-order valence-corrected chi connectivity index (χ2v) is 6.29. The van der Waals surface area contributed by atoms with Gasteiger partial charge in [0.25, 0.3) is 0 Å². The summed E-state index contributed by atoms with van der Waals surface area (Å²) in [6.45, 7) is 6.28. The Bertz CT molecular complexity index is 953. The number of hydrogen-bond donors (Lipinski definition) is 1. The monoisotopic (exact) mass is 381 g/mol. The summed E-state index contributed by atoms with van der Waals surface area (Å²) in [6.07, 6.45) is 1.78. The molecular formula is C20H23N5OS. The van der Waals surface area contributed by atoms with E-state index in [9.17, 15) is 0 Å². The van der Waals surface area contributed by atoms with E-state index in [1.807, 2.05) is 36.4 Å². The largest absolute Gasteiger partial charge is 0.497 e. The van der Waals surface area contributed by atoms with Gasteiger partial charge in [0.05, 0.1) is 13.3 Å². The number of rotatable bonds is 7. The summed E-state index contributed by atoms with van der Waals surface area (Å²) >= 11 is 5.32. The third-order valence-electron chi connectivity index (χ3n) is 4.34. The molecule has 1 N–H and O–H groups in total. The smallest absolute Gasteiger partial charge is 0.216 e. The van der Waals surface area contributed by atoms with Crippen LogP contribution in [0.5, 0.6) is 5.75 Å². The number of nitrogens with one attached hydrogen (secondary N) is 1. The molecule has 7 heteroatoms. The fourth-order valence-electron chi connectivity index (χ4n) is 2.81. The van der Waals surface area contributed by atoms with E-state index in [0.29, 0.717) is 10.6 Å². The van der Waals surface area contributed by atoms with Crippen molar-refractivity contribution in [3.63, 3.8) is 0 Å². The fraction of sp³-hybridized carbons (Fsp3) is 0.250. The van der Waals surface area contributed by atoms with Crippen molar-refractivity contribution in [2.45, 2.75) is 13.8 Å². The van der Waals surface area contributed by atoms with E-state index in [1.54, 1.807) is 18.0 Å². The first-order chi connectivity index (χ1) is 13.2. The molecule has 0 bridgehead atoms. The second kappa shape index (κ2) is 8.64. The lowest BCUT2D eigenvalue weighted by atomic mass is 10.2. The van der Waals surface area contributed by atoms with Crippen LogP contribution in [0.2, 0.25) is 0 Å². The molecule has 0 aliphatic rings. The average molecular weight is 382 g/mol. The van der Waals surface area contributed by atoms with Crippen LogP contribution >= 0.6 is 12.2 Å². The lowest BCUT2D eigenvalue weighted by molar-refractivity contribution is 0.415. The Kier molecular flexibility index (Phi) is 6.03. The number of anilines is 1. The van der Waals surface area contributed by atoms with Gasteiger partial charge < -0.3 is 9.64 Å². The van der Waals surface area contributed by atoms with Gasteiger partial charge in [0.2, 0.25) is 4.77 Å². The highest BCUT2D eigenvalue weighted by atomic mass is 32.1. The van der Waals surface area contributed by atoms with Crippen LogP contribution in [-0.2, 0) is 0 Å². The summed E-state index contributed by atoms with van der Waals surface area (Å²) in [6, 6.07) is 15.9. The average Bonchev–Trinajstić information content (AvgIpc) is 3.09. The molecule has 0 saturated heterocycles. The Morgan fingerprint density at radius 2 is 1.78 bits per heavy atom. The molecular weight excluding hydrogens is 358 g/mol. The van der Waals surface area contributed by atoms with Crippen LogP contribution in [0.15, 0.2) is 53.6 Å². The van der Waals surface area contributed by atoms with E-state index in [2.05, 4.69) is 46.2 Å². The van der Waals surface area contributed by atoms with Crippen molar-refractivity contribution >= 4 is 24.1 Å². The van der Waals surface area contributed by atoms with Crippen molar-refractivity contribution in [1.29, 1.82) is 0 Å². The zero-order valence-corrected chi connectivity index (χ0v) is 16.5. The zero-order valence-electron chi connectivity index (χ0n) is 15.7. The number of ether oxygens (including phenoxy) is 1. The molecule has 0 unspecified atom stereocenters. The van der Waals surface area contributed by atoms with Gasteiger partial charge in [-0.05, 0) is 68.0 Å². The van der Waals surface area contributed by atoms with Crippen molar-refractivity contribution in [3.8, 4) is 17.1 Å². The zero-order chi connectivity index (χ0) is 19.2. The summed E-state index contributed by atoms with van der Waals surface area (Å²) in [5, 5.41) is 11.6. The number of aromatic amines is 1. The fourth-order valence-corrected chi connectivity index (χ4v) is 2.99. The molecule has 0 saturated carbocycles. The molecule has 2 aromatic carbocycles. The Morgan fingerprint density at radius 1 is 1.11 bits per heavy atom. The van der Waals surface area contributed by atoms with Crippen molar-refractivity contribution < 1.29 is 4.74 Å². The highest BCUT2D eigenvalue weighted by Crippen LogP contribution is 2.21. The molecule has 3 rings (SSSR count). The normalized spacial score (nSPS) is 11.1. The Hall–Kier alpha value is -2.93. The predicted molar refractivity (Wildman–Crippen MR) is 112 cm³/mol. The minimum atomic E-state index is 0.442.